The molecule has 1 heterocycles. The van der Waals surface area contributed by atoms with E-state index in [9.17, 15) is 4.79 Å². The summed E-state index contributed by atoms with van der Waals surface area (Å²) in [6.07, 6.45) is 2.82. The predicted octanol–water partition coefficient (Wildman–Crippen LogP) is 2.40. The first kappa shape index (κ1) is 14.9. The van der Waals surface area contributed by atoms with Gasteiger partial charge < -0.3 is 15.4 Å². The molecule has 0 radical (unpaired) electrons. The minimum absolute atomic E-state index is 0.000712. The van der Waals surface area contributed by atoms with Gasteiger partial charge >= 0.3 is 0 Å². The summed E-state index contributed by atoms with van der Waals surface area (Å²) in [7, 11) is 1.65. The van der Waals surface area contributed by atoms with Gasteiger partial charge in [-0.2, -0.15) is 0 Å². The molecule has 0 saturated carbocycles. The van der Waals surface area contributed by atoms with Gasteiger partial charge in [-0.25, -0.2) is 0 Å². The Hall–Kier alpha value is -1.55. The molecular formula is C16H24N2O2. The molecule has 1 aromatic rings. The SMILES string of the molecule is CCC1(C(=O)N[C@H](C)c2ccc(OC)cc2)CCCN1. The van der Waals surface area contributed by atoms with Gasteiger partial charge in [0.25, 0.3) is 0 Å². The quantitative estimate of drug-likeness (QED) is 0.868. The van der Waals surface area contributed by atoms with Gasteiger partial charge in [-0.1, -0.05) is 19.1 Å². The summed E-state index contributed by atoms with van der Waals surface area (Å²) >= 11 is 0. The molecule has 1 saturated heterocycles. The molecule has 1 aromatic carbocycles. The molecule has 0 aromatic heterocycles. The van der Waals surface area contributed by atoms with E-state index in [1.807, 2.05) is 31.2 Å². The smallest absolute Gasteiger partial charge is 0.240 e. The van der Waals surface area contributed by atoms with Crippen molar-refractivity contribution in [1.29, 1.82) is 0 Å². The first-order valence-electron chi connectivity index (χ1n) is 7.31. The molecule has 110 valence electrons. The van der Waals surface area contributed by atoms with Crippen molar-refractivity contribution >= 4 is 5.91 Å². The van der Waals surface area contributed by atoms with Gasteiger partial charge in [0.05, 0.1) is 18.7 Å². The zero-order chi connectivity index (χ0) is 14.6. The van der Waals surface area contributed by atoms with Crippen molar-refractivity contribution < 1.29 is 9.53 Å². The second kappa shape index (κ2) is 6.27. The lowest BCUT2D eigenvalue weighted by molar-refractivity contribution is -0.128. The number of hydrogen-bond donors (Lipinski definition) is 2. The molecule has 2 rings (SSSR count). The van der Waals surface area contributed by atoms with Crippen molar-refractivity contribution in [1.82, 2.24) is 10.6 Å². The van der Waals surface area contributed by atoms with Crippen LogP contribution in [0.15, 0.2) is 24.3 Å². The Bertz CT molecular complexity index is 450. The van der Waals surface area contributed by atoms with Crippen LogP contribution in [-0.2, 0) is 4.79 Å². The largest absolute Gasteiger partial charge is 0.497 e. The van der Waals surface area contributed by atoms with Crippen LogP contribution in [0.3, 0.4) is 0 Å². The number of amides is 1. The molecule has 0 aliphatic carbocycles. The fraction of sp³-hybridized carbons (Fsp3) is 0.562. The van der Waals surface area contributed by atoms with E-state index < -0.39 is 0 Å². The fourth-order valence-electron chi connectivity index (χ4n) is 2.77. The van der Waals surface area contributed by atoms with Crippen LogP contribution < -0.4 is 15.4 Å². The van der Waals surface area contributed by atoms with E-state index in [1.54, 1.807) is 7.11 Å². The zero-order valence-electron chi connectivity index (χ0n) is 12.5. The standard InChI is InChI=1S/C16H24N2O2/c1-4-16(10-5-11-17-16)15(19)18-12(2)13-6-8-14(20-3)9-7-13/h6-9,12,17H,4-5,10-11H2,1-3H3,(H,18,19)/t12-,16?/m1/s1. The first-order valence-corrected chi connectivity index (χ1v) is 7.31. The van der Waals surface area contributed by atoms with Gasteiger partial charge in [0, 0.05) is 0 Å². The lowest BCUT2D eigenvalue weighted by atomic mass is 9.92. The maximum Gasteiger partial charge on any atom is 0.240 e. The molecule has 0 spiro atoms. The number of ether oxygens (including phenoxy) is 1. The second-order valence-electron chi connectivity index (χ2n) is 5.43. The van der Waals surface area contributed by atoms with Crippen LogP contribution in [0, 0.1) is 0 Å². The normalized spacial score (nSPS) is 23.4. The summed E-state index contributed by atoms with van der Waals surface area (Å²) in [6.45, 7) is 5.01. The van der Waals surface area contributed by atoms with E-state index in [0.29, 0.717) is 0 Å². The van der Waals surface area contributed by atoms with Crippen molar-refractivity contribution in [3.05, 3.63) is 29.8 Å². The highest BCUT2D eigenvalue weighted by molar-refractivity contribution is 5.87. The van der Waals surface area contributed by atoms with Gasteiger partial charge in [-0.3, -0.25) is 4.79 Å². The van der Waals surface area contributed by atoms with Crippen LogP contribution in [-0.4, -0.2) is 25.1 Å². The predicted molar refractivity (Wildman–Crippen MR) is 79.8 cm³/mol. The van der Waals surface area contributed by atoms with Gasteiger partial charge in [-0.05, 0) is 50.4 Å². The number of carbonyl (C=O) groups excluding carboxylic acids is 1. The highest BCUT2D eigenvalue weighted by Gasteiger charge is 2.39. The molecule has 1 amide bonds. The van der Waals surface area contributed by atoms with Crippen LogP contribution in [0.5, 0.6) is 5.75 Å². The van der Waals surface area contributed by atoms with E-state index in [2.05, 4.69) is 17.6 Å². The average Bonchev–Trinajstić information content (AvgIpc) is 2.97. The number of carbonyl (C=O) groups is 1. The third kappa shape index (κ3) is 2.96. The molecule has 2 atom stereocenters. The summed E-state index contributed by atoms with van der Waals surface area (Å²) < 4.78 is 5.15. The van der Waals surface area contributed by atoms with Crippen LogP contribution in [0.2, 0.25) is 0 Å². The molecule has 1 aliphatic rings. The number of nitrogens with one attached hydrogen (secondary N) is 2. The van der Waals surface area contributed by atoms with Crippen molar-refractivity contribution in [2.24, 2.45) is 0 Å². The molecule has 1 aliphatic heterocycles. The third-order valence-corrected chi connectivity index (χ3v) is 4.25. The van der Waals surface area contributed by atoms with E-state index in [4.69, 9.17) is 4.74 Å². The summed E-state index contributed by atoms with van der Waals surface area (Å²) in [5, 5.41) is 6.49. The Kier molecular flexibility index (Phi) is 4.65. The van der Waals surface area contributed by atoms with E-state index >= 15 is 0 Å². The van der Waals surface area contributed by atoms with Gasteiger partial charge in [0.15, 0.2) is 0 Å². The minimum Gasteiger partial charge on any atom is -0.497 e. The summed E-state index contributed by atoms with van der Waals surface area (Å²) in [5.41, 5.74) is 0.712. The number of rotatable bonds is 5. The van der Waals surface area contributed by atoms with E-state index in [0.717, 1.165) is 37.1 Å². The Morgan fingerprint density at radius 3 is 2.65 bits per heavy atom. The fourth-order valence-corrected chi connectivity index (χ4v) is 2.77. The van der Waals surface area contributed by atoms with Gasteiger partial charge in [-0.15, -0.1) is 0 Å². The van der Waals surface area contributed by atoms with Crippen molar-refractivity contribution in [3.8, 4) is 5.75 Å². The van der Waals surface area contributed by atoms with Crippen molar-refractivity contribution in [2.45, 2.75) is 44.7 Å². The topological polar surface area (TPSA) is 50.4 Å². The molecule has 2 N–H and O–H groups in total. The van der Waals surface area contributed by atoms with Crippen LogP contribution in [0.1, 0.15) is 44.7 Å². The molecule has 4 heteroatoms. The third-order valence-electron chi connectivity index (χ3n) is 4.25. The van der Waals surface area contributed by atoms with Gasteiger partial charge in [0.1, 0.15) is 5.75 Å². The van der Waals surface area contributed by atoms with Crippen molar-refractivity contribution in [2.75, 3.05) is 13.7 Å². The maximum absolute atomic E-state index is 12.5. The summed E-state index contributed by atoms with van der Waals surface area (Å²) in [4.78, 5) is 12.5. The van der Waals surface area contributed by atoms with Gasteiger partial charge in [0.2, 0.25) is 5.91 Å². The monoisotopic (exact) mass is 276 g/mol. The minimum atomic E-state index is -0.374. The highest BCUT2D eigenvalue weighted by atomic mass is 16.5. The number of hydrogen-bond acceptors (Lipinski definition) is 3. The highest BCUT2D eigenvalue weighted by Crippen LogP contribution is 2.25. The maximum atomic E-state index is 12.5. The Labute approximate surface area is 120 Å². The molecule has 0 bridgehead atoms. The molecule has 20 heavy (non-hydrogen) atoms. The molecule has 4 nitrogen and oxygen atoms in total. The number of benzene rings is 1. The zero-order valence-corrected chi connectivity index (χ0v) is 12.5. The lowest BCUT2D eigenvalue weighted by Gasteiger charge is -2.28. The Morgan fingerprint density at radius 2 is 2.15 bits per heavy atom. The summed E-state index contributed by atoms with van der Waals surface area (Å²) in [5.74, 6) is 0.940. The molecule has 1 fully saturated rings. The summed E-state index contributed by atoms with van der Waals surface area (Å²) in [6, 6.07) is 7.82. The molecule has 1 unspecified atom stereocenters. The van der Waals surface area contributed by atoms with Crippen LogP contribution >= 0.6 is 0 Å². The van der Waals surface area contributed by atoms with Crippen LogP contribution in [0.4, 0.5) is 0 Å². The first-order chi connectivity index (χ1) is 9.61. The molecular weight excluding hydrogens is 252 g/mol. The number of methoxy groups -OCH3 is 1. The Morgan fingerprint density at radius 1 is 1.45 bits per heavy atom. The van der Waals surface area contributed by atoms with E-state index in [1.165, 1.54) is 0 Å². The van der Waals surface area contributed by atoms with Crippen LogP contribution in [0.25, 0.3) is 0 Å². The van der Waals surface area contributed by atoms with E-state index in [-0.39, 0.29) is 17.5 Å². The lowest BCUT2D eigenvalue weighted by Crippen LogP contribution is -2.53. The second-order valence-corrected chi connectivity index (χ2v) is 5.43. The Balaban J connectivity index is 2.02. The average molecular weight is 276 g/mol. The van der Waals surface area contributed by atoms with Crippen molar-refractivity contribution in [3.63, 3.8) is 0 Å².